The zero-order valence-corrected chi connectivity index (χ0v) is 15.9. The summed E-state index contributed by atoms with van der Waals surface area (Å²) < 4.78 is 0. The van der Waals surface area contributed by atoms with Gasteiger partial charge in [0.15, 0.2) is 0 Å². The Morgan fingerprint density at radius 3 is 1.50 bits per heavy atom. The molecule has 6 heteroatoms. The monoisotopic (exact) mass is 370 g/mol. The maximum absolute atomic E-state index is 6.04. The summed E-state index contributed by atoms with van der Waals surface area (Å²) in [7, 11) is 0. The van der Waals surface area contributed by atoms with Crippen LogP contribution < -0.4 is 11.5 Å². The van der Waals surface area contributed by atoms with Crippen molar-refractivity contribution in [2.75, 3.05) is 0 Å². The molecule has 134 valence electrons. The first-order valence-electron chi connectivity index (χ1n) is 8.03. The largest absolute Gasteiger partial charge is 0.327 e. The molecular formula is C18H28Cl2N4. The van der Waals surface area contributed by atoms with Gasteiger partial charge in [0.05, 0.1) is 11.4 Å². The van der Waals surface area contributed by atoms with Crippen LogP contribution in [0.1, 0.15) is 37.8 Å². The maximum Gasteiger partial charge on any atom is 0.0888 e. The predicted molar refractivity (Wildman–Crippen MR) is 106 cm³/mol. The average molecular weight is 371 g/mol. The molecule has 2 heterocycles. The first-order chi connectivity index (χ1) is 10.6. The molecule has 0 aliphatic rings. The number of hydrogen-bond acceptors (Lipinski definition) is 4. The summed E-state index contributed by atoms with van der Waals surface area (Å²) in [6.07, 6.45) is 7.35. The summed E-state index contributed by atoms with van der Waals surface area (Å²) in [4.78, 5) is 8.90. The summed E-state index contributed by atoms with van der Waals surface area (Å²) in [6, 6.07) is 8.60. The molecule has 2 atom stereocenters. The highest BCUT2D eigenvalue weighted by Crippen LogP contribution is 2.18. The Kier molecular flexibility index (Phi) is 10.8. The van der Waals surface area contributed by atoms with Crippen molar-refractivity contribution in [1.82, 2.24) is 9.97 Å². The second-order valence-corrected chi connectivity index (χ2v) is 5.84. The molecule has 0 radical (unpaired) electrons. The summed E-state index contributed by atoms with van der Waals surface area (Å²) in [6.45, 7) is 4.21. The third-order valence-electron chi connectivity index (χ3n) is 3.96. The van der Waals surface area contributed by atoms with E-state index in [9.17, 15) is 0 Å². The van der Waals surface area contributed by atoms with Gasteiger partial charge in [0.2, 0.25) is 0 Å². The van der Waals surface area contributed by atoms with Crippen molar-refractivity contribution < 1.29 is 0 Å². The molecule has 2 aromatic heterocycles. The van der Waals surface area contributed by atoms with E-state index in [4.69, 9.17) is 11.5 Å². The lowest BCUT2D eigenvalue weighted by molar-refractivity contribution is 0.645. The van der Waals surface area contributed by atoms with Gasteiger partial charge >= 0.3 is 0 Å². The van der Waals surface area contributed by atoms with Crippen molar-refractivity contribution in [2.45, 2.75) is 51.6 Å². The molecule has 4 nitrogen and oxygen atoms in total. The SMILES string of the molecule is CCC(N)Cc1ccnc(-c2cc(CC(N)CC)ccn2)c1.Cl.Cl. The van der Waals surface area contributed by atoms with E-state index in [-0.39, 0.29) is 36.9 Å². The van der Waals surface area contributed by atoms with Crippen LogP contribution in [-0.2, 0) is 12.8 Å². The fourth-order valence-corrected chi connectivity index (χ4v) is 2.38. The molecule has 2 aromatic rings. The molecule has 24 heavy (non-hydrogen) atoms. The second kappa shape index (κ2) is 11.4. The third-order valence-corrected chi connectivity index (χ3v) is 3.96. The van der Waals surface area contributed by atoms with Crippen molar-refractivity contribution >= 4 is 24.8 Å². The van der Waals surface area contributed by atoms with Crippen LogP contribution in [0, 0.1) is 0 Å². The van der Waals surface area contributed by atoms with Gasteiger partial charge < -0.3 is 11.5 Å². The molecule has 0 aliphatic carbocycles. The first-order valence-corrected chi connectivity index (χ1v) is 8.03. The number of hydrogen-bond donors (Lipinski definition) is 2. The first kappa shape index (κ1) is 22.8. The van der Waals surface area contributed by atoms with Gasteiger partial charge in [-0.3, -0.25) is 9.97 Å². The molecule has 0 amide bonds. The van der Waals surface area contributed by atoms with Crippen molar-refractivity contribution in [3.63, 3.8) is 0 Å². The molecule has 0 bridgehead atoms. The van der Waals surface area contributed by atoms with E-state index in [1.54, 1.807) is 0 Å². The van der Waals surface area contributed by atoms with Crippen LogP contribution in [0.25, 0.3) is 11.4 Å². The highest BCUT2D eigenvalue weighted by molar-refractivity contribution is 5.85. The molecule has 4 N–H and O–H groups in total. The summed E-state index contributed by atoms with van der Waals surface area (Å²) in [5.74, 6) is 0. The molecule has 0 aliphatic heterocycles. The van der Waals surface area contributed by atoms with Gasteiger partial charge in [-0.25, -0.2) is 0 Å². The minimum absolute atomic E-state index is 0. The number of rotatable bonds is 7. The second-order valence-electron chi connectivity index (χ2n) is 5.84. The van der Waals surface area contributed by atoms with Crippen molar-refractivity contribution in [2.24, 2.45) is 11.5 Å². The van der Waals surface area contributed by atoms with E-state index >= 15 is 0 Å². The smallest absolute Gasteiger partial charge is 0.0888 e. The highest BCUT2D eigenvalue weighted by Gasteiger charge is 2.08. The van der Waals surface area contributed by atoms with Crippen LogP contribution in [0.3, 0.4) is 0 Å². The lowest BCUT2D eigenvalue weighted by Gasteiger charge is -2.11. The Morgan fingerprint density at radius 1 is 0.792 bits per heavy atom. The van der Waals surface area contributed by atoms with Crippen LogP contribution in [0.4, 0.5) is 0 Å². The Labute approximate surface area is 157 Å². The summed E-state index contributed by atoms with van der Waals surface area (Å²) in [5.41, 5.74) is 16.3. The number of nitrogens with zero attached hydrogens (tertiary/aromatic N) is 2. The fourth-order valence-electron chi connectivity index (χ4n) is 2.38. The minimum atomic E-state index is 0. The van der Waals surface area contributed by atoms with E-state index in [1.807, 2.05) is 24.5 Å². The topological polar surface area (TPSA) is 77.8 Å². The molecule has 2 unspecified atom stereocenters. The zero-order chi connectivity index (χ0) is 15.9. The van der Waals surface area contributed by atoms with E-state index in [2.05, 4.69) is 35.9 Å². The van der Waals surface area contributed by atoms with Crippen LogP contribution >= 0.6 is 24.8 Å². The Balaban J connectivity index is 0.00000264. The third kappa shape index (κ3) is 6.73. The zero-order valence-electron chi connectivity index (χ0n) is 14.3. The maximum atomic E-state index is 6.04. The lowest BCUT2D eigenvalue weighted by Crippen LogP contribution is -2.21. The molecule has 0 aromatic carbocycles. The average Bonchev–Trinajstić information content (AvgIpc) is 2.55. The Bertz CT molecular complexity index is 554. The van der Waals surface area contributed by atoms with Crippen LogP contribution in [0.15, 0.2) is 36.7 Å². The molecule has 0 fully saturated rings. The standard InChI is InChI=1S/C18H26N4.2ClH/c1-3-15(19)9-13-5-7-21-17(11-13)18-12-14(6-8-22-18)10-16(20)4-2;;/h5-8,11-12,15-16H,3-4,9-10,19-20H2,1-2H3;2*1H. The quantitative estimate of drug-likeness (QED) is 0.780. The van der Waals surface area contributed by atoms with Crippen LogP contribution in [-0.4, -0.2) is 22.1 Å². The van der Waals surface area contributed by atoms with Crippen molar-refractivity contribution in [3.8, 4) is 11.4 Å². The van der Waals surface area contributed by atoms with E-state index in [1.165, 1.54) is 11.1 Å². The molecule has 2 rings (SSSR count). The van der Waals surface area contributed by atoms with Gasteiger partial charge in [0.1, 0.15) is 0 Å². The van der Waals surface area contributed by atoms with Crippen molar-refractivity contribution in [1.29, 1.82) is 0 Å². The Hall–Kier alpha value is -1.20. The van der Waals surface area contributed by atoms with E-state index < -0.39 is 0 Å². The van der Waals surface area contributed by atoms with E-state index in [0.717, 1.165) is 37.1 Å². The molecule has 0 spiro atoms. The number of aromatic nitrogens is 2. The normalized spacial score (nSPS) is 12.7. The van der Waals surface area contributed by atoms with Crippen LogP contribution in [0.5, 0.6) is 0 Å². The molecule has 0 saturated carbocycles. The molecular weight excluding hydrogens is 343 g/mol. The van der Waals surface area contributed by atoms with Gasteiger partial charge in [0, 0.05) is 24.5 Å². The number of nitrogens with two attached hydrogens (primary N) is 2. The van der Waals surface area contributed by atoms with Gasteiger partial charge in [-0.2, -0.15) is 0 Å². The van der Waals surface area contributed by atoms with Gasteiger partial charge in [-0.1, -0.05) is 13.8 Å². The van der Waals surface area contributed by atoms with Gasteiger partial charge in [0.25, 0.3) is 0 Å². The number of halogens is 2. The molecule has 0 saturated heterocycles. The van der Waals surface area contributed by atoms with Crippen LogP contribution in [0.2, 0.25) is 0 Å². The van der Waals surface area contributed by atoms with E-state index in [0.29, 0.717) is 0 Å². The number of pyridine rings is 2. The Morgan fingerprint density at radius 2 is 1.17 bits per heavy atom. The fraction of sp³-hybridized carbons (Fsp3) is 0.444. The lowest BCUT2D eigenvalue weighted by atomic mass is 10.0. The highest BCUT2D eigenvalue weighted by atomic mass is 35.5. The summed E-state index contributed by atoms with van der Waals surface area (Å²) in [5, 5.41) is 0. The minimum Gasteiger partial charge on any atom is -0.327 e. The van der Waals surface area contributed by atoms with Gasteiger partial charge in [-0.05, 0) is 61.1 Å². The predicted octanol–water partition coefficient (Wildman–Crippen LogP) is 3.55. The van der Waals surface area contributed by atoms with Gasteiger partial charge in [-0.15, -0.1) is 24.8 Å². The summed E-state index contributed by atoms with van der Waals surface area (Å²) >= 11 is 0. The van der Waals surface area contributed by atoms with Crippen molar-refractivity contribution in [3.05, 3.63) is 47.8 Å².